The number of hydrogen-bond donors (Lipinski definition) is 0. The summed E-state index contributed by atoms with van der Waals surface area (Å²) in [6, 6.07) is 10.9. The average molecular weight is 328 g/mol. The topological polar surface area (TPSA) is 56.5 Å². The lowest BCUT2D eigenvalue weighted by atomic mass is 10.1. The van der Waals surface area contributed by atoms with Gasteiger partial charge in [-0.3, -0.25) is 4.79 Å². The van der Waals surface area contributed by atoms with Crippen LogP contribution in [-0.4, -0.2) is 5.97 Å². The molecule has 0 unspecified atom stereocenters. The van der Waals surface area contributed by atoms with Gasteiger partial charge in [0.15, 0.2) is 0 Å². The second-order valence-electron chi connectivity index (χ2n) is 5.19. The minimum atomic E-state index is -0.435. The molecule has 0 atom stereocenters. The molecule has 2 heterocycles. The van der Waals surface area contributed by atoms with Gasteiger partial charge in [-0.05, 0) is 29.5 Å². The van der Waals surface area contributed by atoms with Gasteiger partial charge in [0.05, 0.1) is 6.42 Å². The van der Waals surface area contributed by atoms with Crippen LogP contribution in [0.3, 0.4) is 0 Å². The molecule has 0 saturated carbocycles. The number of thiophene rings is 1. The number of esters is 1. The van der Waals surface area contributed by atoms with Crippen molar-refractivity contribution in [3.63, 3.8) is 0 Å². The summed E-state index contributed by atoms with van der Waals surface area (Å²) in [5.41, 5.74) is 1.85. The van der Waals surface area contributed by atoms with Gasteiger partial charge in [0.2, 0.25) is 0 Å². The highest BCUT2D eigenvalue weighted by Gasteiger charge is 2.10. The molecule has 1 aromatic carbocycles. The number of aryl methyl sites for hydroxylation is 1. The molecule has 0 aliphatic rings. The highest BCUT2D eigenvalue weighted by atomic mass is 32.1. The van der Waals surface area contributed by atoms with Crippen LogP contribution in [0.5, 0.6) is 0 Å². The molecule has 3 rings (SSSR count). The van der Waals surface area contributed by atoms with Gasteiger partial charge in [-0.2, -0.15) is 0 Å². The van der Waals surface area contributed by atoms with Crippen LogP contribution in [0.4, 0.5) is 0 Å². The molecule has 0 radical (unpaired) electrons. The van der Waals surface area contributed by atoms with Crippen molar-refractivity contribution in [2.45, 2.75) is 26.4 Å². The van der Waals surface area contributed by atoms with Crippen molar-refractivity contribution >= 4 is 28.3 Å². The van der Waals surface area contributed by atoms with Crippen molar-refractivity contribution in [2.24, 2.45) is 0 Å². The van der Waals surface area contributed by atoms with Gasteiger partial charge >= 0.3 is 11.6 Å². The minimum Gasteiger partial charge on any atom is -0.461 e. The summed E-state index contributed by atoms with van der Waals surface area (Å²) < 4.78 is 10.6. The SMILES string of the molecule is CCc1ccc2c(COC(=O)Cc3cccs3)cc(=O)oc2c1. The smallest absolute Gasteiger partial charge is 0.336 e. The molecule has 23 heavy (non-hydrogen) atoms. The van der Waals surface area contributed by atoms with Crippen LogP contribution < -0.4 is 5.63 Å². The van der Waals surface area contributed by atoms with E-state index in [2.05, 4.69) is 0 Å². The molecule has 0 spiro atoms. The molecular weight excluding hydrogens is 312 g/mol. The van der Waals surface area contributed by atoms with E-state index in [-0.39, 0.29) is 19.0 Å². The molecule has 0 aliphatic heterocycles. The van der Waals surface area contributed by atoms with Gasteiger partial charge < -0.3 is 9.15 Å². The molecule has 3 aromatic rings. The van der Waals surface area contributed by atoms with Gasteiger partial charge in [0, 0.05) is 21.9 Å². The number of hydrogen-bond acceptors (Lipinski definition) is 5. The summed E-state index contributed by atoms with van der Waals surface area (Å²) >= 11 is 1.52. The highest BCUT2D eigenvalue weighted by molar-refractivity contribution is 7.10. The maximum atomic E-state index is 11.9. The second kappa shape index (κ2) is 6.79. The van der Waals surface area contributed by atoms with E-state index in [1.165, 1.54) is 17.4 Å². The molecule has 118 valence electrons. The summed E-state index contributed by atoms with van der Waals surface area (Å²) in [6.07, 6.45) is 1.11. The number of fused-ring (bicyclic) bond motifs is 1. The maximum Gasteiger partial charge on any atom is 0.336 e. The minimum absolute atomic E-state index is 0.0672. The van der Waals surface area contributed by atoms with Gasteiger partial charge in [-0.1, -0.05) is 25.1 Å². The van der Waals surface area contributed by atoms with E-state index < -0.39 is 5.63 Å². The Hall–Kier alpha value is -2.40. The van der Waals surface area contributed by atoms with Crippen LogP contribution in [0.2, 0.25) is 0 Å². The zero-order chi connectivity index (χ0) is 16.2. The fraction of sp³-hybridized carbons (Fsp3) is 0.222. The van der Waals surface area contributed by atoms with E-state index in [9.17, 15) is 9.59 Å². The first-order chi connectivity index (χ1) is 11.2. The molecule has 2 aromatic heterocycles. The van der Waals surface area contributed by atoms with Crippen molar-refractivity contribution in [1.29, 1.82) is 0 Å². The first-order valence-electron chi connectivity index (χ1n) is 7.39. The van der Waals surface area contributed by atoms with Crippen LogP contribution in [0, 0.1) is 0 Å². The van der Waals surface area contributed by atoms with E-state index in [0.29, 0.717) is 11.1 Å². The number of carbonyl (C=O) groups is 1. The molecule has 0 bridgehead atoms. The van der Waals surface area contributed by atoms with Crippen LogP contribution in [-0.2, 0) is 29.0 Å². The molecule has 0 fully saturated rings. The Morgan fingerprint density at radius 2 is 2.13 bits per heavy atom. The number of benzene rings is 1. The maximum absolute atomic E-state index is 11.9. The van der Waals surface area contributed by atoms with E-state index in [4.69, 9.17) is 9.15 Å². The Balaban J connectivity index is 1.79. The third kappa shape index (κ3) is 3.68. The largest absolute Gasteiger partial charge is 0.461 e. The van der Waals surface area contributed by atoms with Crippen LogP contribution in [0.25, 0.3) is 11.0 Å². The first kappa shape index (κ1) is 15.5. The van der Waals surface area contributed by atoms with E-state index >= 15 is 0 Å². The van der Waals surface area contributed by atoms with Crippen molar-refractivity contribution < 1.29 is 13.9 Å². The van der Waals surface area contributed by atoms with Crippen molar-refractivity contribution in [2.75, 3.05) is 0 Å². The highest BCUT2D eigenvalue weighted by Crippen LogP contribution is 2.20. The molecule has 0 N–H and O–H groups in total. The standard InChI is InChI=1S/C18H16O4S/c1-2-12-5-6-15-13(9-18(20)22-16(15)8-12)11-21-17(19)10-14-4-3-7-23-14/h3-9H,2,10-11H2,1H3. The monoisotopic (exact) mass is 328 g/mol. The lowest BCUT2D eigenvalue weighted by molar-refractivity contribution is -0.144. The lowest BCUT2D eigenvalue weighted by Gasteiger charge is -2.07. The predicted molar refractivity (Wildman–Crippen MR) is 89.7 cm³/mol. The van der Waals surface area contributed by atoms with E-state index in [1.54, 1.807) is 0 Å². The van der Waals surface area contributed by atoms with Crippen LogP contribution in [0.1, 0.15) is 22.9 Å². The molecule has 0 saturated heterocycles. The zero-order valence-corrected chi connectivity index (χ0v) is 13.5. The normalized spacial score (nSPS) is 10.8. The second-order valence-corrected chi connectivity index (χ2v) is 6.22. The van der Waals surface area contributed by atoms with Crippen LogP contribution >= 0.6 is 11.3 Å². The number of ether oxygens (including phenoxy) is 1. The fourth-order valence-corrected chi connectivity index (χ4v) is 3.07. The Morgan fingerprint density at radius 3 is 2.87 bits per heavy atom. The van der Waals surface area contributed by atoms with E-state index in [0.717, 1.165) is 22.2 Å². The summed E-state index contributed by atoms with van der Waals surface area (Å²) in [4.78, 5) is 24.5. The van der Waals surface area contributed by atoms with Crippen LogP contribution in [0.15, 0.2) is 51.0 Å². The van der Waals surface area contributed by atoms with Crippen molar-refractivity contribution in [3.8, 4) is 0 Å². The van der Waals surface area contributed by atoms with Gasteiger partial charge in [0.25, 0.3) is 0 Å². The molecular formula is C18H16O4S. The number of rotatable bonds is 5. The average Bonchev–Trinajstić information content (AvgIpc) is 3.04. The predicted octanol–water partition coefficient (Wildman–Crippen LogP) is 3.70. The quantitative estimate of drug-likeness (QED) is 0.529. The Morgan fingerprint density at radius 1 is 1.26 bits per heavy atom. The van der Waals surface area contributed by atoms with Crippen molar-refractivity contribution in [1.82, 2.24) is 0 Å². The third-order valence-corrected chi connectivity index (χ3v) is 4.47. The Kier molecular flexibility index (Phi) is 4.57. The molecule has 0 amide bonds. The molecule has 4 nitrogen and oxygen atoms in total. The van der Waals surface area contributed by atoms with E-state index in [1.807, 2.05) is 42.6 Å². The molecule has 5 heteroatoms. The lowest BCUT2D eigenvalue weighted by Crippen LogP contribution is -2.09. The summed E-state index contributed by atoms with van der Waals surface area (Å²) in [7, 11) is 0. The summed E-state index contributed by atoms with van der Waals surface area (Å²) in [6.45, 7) is 2.10. The Bertz CT molecular complexity index is 878. The number of carbonyl (C=O) groups excluding carboxylic acids is 1. The first-order valence-corrected chi connectivity index (χ1v) is 8.27. The third-order valence-electron chi connectivity index (χ3n) is 3.59. The zero-order valence-electron chi connectivity index (χ0n) is 12.7. The Labute approximate surface area is 137 Å². The van der Waals surface area contributed by atoms with Gasteiger partial charge in [-0.15, -0.1) is 11.3 Å². The fourth-order valence-electron chi connectivity index (χ4n) is 2.38. The molecule has 0 aliphatic carbocycles. The summed E-state index contributed by atoms with van der Waals surface area (Å²) in [5, 5.41) is 2.72. The summed E-state index contributed by atoms with van der Waals surface area (Å²) in [5.74, 6) is -0.306. The van der Waals surface area contributed by atoms with Gasteiger partial charge in [-0.25, -0.2) is 4.79 Å². The van der Waals surface area contributed by atoms with Crippen molar-refractivity contribution in [3.05, 3.63) is 68.2 Å². The van der Waals surface area contributed by atoms with Gasteiger partial charge in [0.1, 0.15) is 12.2 Å².